The lowest BCUT2D eigenvalue weighted by molar-refractivity contribution is -0.120. The van der Waals surface area contributed by atoms with Gasteiger partial charge >= 0.3 is 0 Å². The summed E-state index contributed by atoms with van der Waals surface area (Å²) >= 11 is 11.9. The van der Waals surface area contributed by atoms with E-state index in [-0.39, 0.29) is 17.7 Å². The molecule has 1 heterocycles. The van der Waals surface area contributed by atoms with Crippen molar-refractivity contribution < 1.29 is 9.59 Å². The van der Waals surface area contributed by atoms with E-state index < -0.39 is 0 Å². The second-order valence-electron chi connectivity index (χ2n) is 6.34. The number of fused-ring (bicyclic) bond motifs is 1. The quantitative estimate of drug-likeness (QED) is 0.874. The Balaban J connectivity index is 1.68. The Morgan fingerprint density at radius 1 is 1.19 bits per heavy atom. The molecule has 0 aromatic heterocycles. The lowest BCUT2D eigenvalue weighted by atomic mass is 9.98. The fourth-order valence-corrected chi connectivity index (χ4v) is 3.40. The predicted molar refractivity (Wildman–Crippen MR) is 103 cm³/mol. The summed E-state index contributed by atoms with van der Waals surface area (Å²) < 4.78 is 0. The summed E-state index contributed by atoms with van der Waals surface area (Å²) in [5, 5.41) is 5.28. The minimum Gasteiger partial charge on any atom is -0.352 e. The topological polar surface area (TPSA) is 58.5 Å². The summed E-state index contributed by atoms with van der Waals surface area (Å²) in [7, 11) is 0. The number of carbonyl (C=O) groups excluding carboxylic acids is 2. The number of hydrogen-bond donors (Lipinski definition) is 1. The normalized spacial score (nSPS) is 15.7. The Labute approximate surface area is 161 Å². The molecule has 1 aliphatic rings. The van der Waals surface area contributed by atoms with Gasteiger partial charge in [-0.15, -0.1) is 0 Å². The molecule has 1 aliphatic heterocycles. The summed E-state index contributed by atoms with van der Waals surface area (Å²) in [5.41, 5.74) is 2.49. The van der Waals surface area contributed by atoms with E-state index in [1.165, 1.54) is 6.07 Å². The molecule has 1 unspecified atom stereocenters. The number of aryl methyl sites for hydroxylation is 1. The maximum Gasteiger partial charge on any atom is 0.253 e. The smallest absolute Gasteiger partial charge is 0.253 e. The number of benzene rings is 2. The Bertz CT molecular complexity index is 1020. The molecule has 0 saturated carbocycles. The van der Waals surface area contributed by atoms with Crippen LogP contribution in [0, 0.1) is 19.8 Å². The molecule has 1 N–H and O–H groups in total. The molecule has 0 saturated heterocycles. The lowest BCUT2D eigenvalue weighted by Gasteiger charge is -2.14. The van der Waals surface area contributed by atoms with Gasteiger partial charge < -0.3 is 5.32 Å². The highest BCUT2D eigenvalue weighted by Crippen LogP contribution is 2.21. The molecule has 0 aliphatic carbocycles. The molecule has 0 fully saturated rings. The van der Waals surface area contributed by atoms with Gasteiger partial charge in [0, 0.05) is 11.6 Å². The minimum absolute atomic E-state index is 0.176. The van der Waals surface area contributed by atoms with Crippen LogP contribution in [0.15, 0.2) is 35.3 Å². The molecule has 134 valence electrons. The van der Waals surface area contributed by atoms with E-state index in [9.17, 15) is 9.59 Å². The molecule has 2 aromatic carbocycles. The van der Waals surface area contributed by atoms with Gasteiger partial charge in [0.05, 0.1) is 21.9 Å². The largest absolute Gasteiger partial charge is 0.352 e. The molecule has 26 heavy (non-hydrogen) atoms. The van der Waals surface area contributed by atoms with Crippen LogP contribution < -0.4 is 15.9 Å². The van der Waals surface area contributed by atoms with Gasteiger partial charge in [0.15, 0.2) is 0 Å². The van der Waals surface area contributed by atoms with Crippen LogP contribution >= 0.6 is 23.2 Å². The second-order valence-corrected chi connectivity index (χ2v) is 7.18. The molecule has 6 heteroatoms. The summed E-state index contributed by atoms with van der Waals surface area (Å²) in [6.45, 7) is 4.31. The molecular formula is C20H18Cl2N2O2. The van der Waals surface area contributed by atoms with Crippen molar-refractivity contribution in [1.82, 2.24) is 5.32 Å². The molecule has 0 bridgehead atoms. The zero-order valence-electron chi connectivity index (χ0n) is 14.5. The second kappa shape index (κ2) is 7.60. The van der Waals surface area contributed by atoms with Crippen LogP contribution in [-0.2, 0) is 4.79 Å². The van der Waals surface area contributed by atoms with Crippen LogP contribution in [0.25, 0.3) is 6.08 Å². The summed E-state index contributed by atoms with van der Waals surface area (Å²) in [6, 6.07) is 8.72. The van der Waals surface area contributed by atoms with E-state index >= 15 is 0 Å². The lowest BCUT2D eigenvalue weighted by Crippen LogP contribution is -2.37. The highest BCUT2D eigenvalue weighted by molar-refractivity contribution is 6.36. The summed E-state index contributed by atoms with van der Waals surface area (Å²) in [5.74, 6) is -0.811. The number of hydrogen-bond acceptors (Lipinski definition) is 2. The fraction of sp³-hybridized carbons (Fsp3) is 0.250. The fourth-order valence-electron chi connectivity index (χ4n) is 2.90. The Kier molecular flexibility index (Phi) is 5.44. The number of nitrogens with one attached hydrogen (secondary N) is 1. The van der Waals surface area contributed by atoms with Gasteiger partial charge in [-0.1, -0.05) is 41.4 Å². The SMILES string of the molecule is Cc1ccc2c(c1C)=NC(=O)C(CCNC(=O)c1ccc(Cl)cc1Cl)C=2. The van der Waals surface area contributed by atoms with E-state index in [1.807, 2.05) is 32.1 Å². The van der Waals surface area contributed by atoms with Crippen molar-refractivity contribution in [1.29, 1.82) is 0 Å². The highest BCUT2D eigenvalue weighted by Gasteiger charge is 2.19. The average Bonchev–Trinajstić information content (AvgIpc) is 2.59. The van der Waals surface area contributed by atoms with Crippen molar-refractivity contribution >= 4 is 41.1 Å². The van der Waals surface area contributed by atoms with Crippen LogP contribution in [0.5, 0.6) is 0 Å². The van der Waals surface area contributed by atoms with E-state index in [2.05, 4.69) is 10.3 Å². The van der Waals surface area contributed by atoms with Crippen LogP contribution in [0.2, 0.25) is 10.0 Å². The first-order valence-corrected chi connectivity index (χ1v) is 9.06. The van der Waals surface area contributed by atoms with Crippen molar-refractivity contribution in [3.05, 3.63) is 67.6 Å². The van der Waals surface area contributed by atoms with Gasteiger partial charge in [0.1, 0.15) is 0 Å². The third-order valence-corrected chi connectivity index (χ3v) is 5.12. The first kappa shape index (κ1) is 18.6. The van der Waals surface area contributed by atoms with Crippen molar-refractivity contribution in [2.75, 3.05) is 6.54 Å². The van der Waals surface area contributed by atoms with Crippen LogP contribution in [0.1, 0.15) is 27.9 Å². The van der Waals surface area contributed by atoms with Crippen molar-refractivity contribution in [3.8, 4) is 0 Å². The minimum atomic E-state index is -0.342. The standard InChI is InChI=1S/C20H18Cl2N2O2/c1-11-3-4-13-9-14(19(25)24-18(13)12(11)2)7-8-23-20(26)16-6-5-15(21)10-17(16)22/h3-6,9-10,14H,7-8H2,1-2H3,(H,23,26). The van der Waals surface area contributed by atoms with E-state index in [0.29, 0.717) is 28.6 Å². The monoisotopic (exact) mass is 388 g/mol. The van der Waals surface area contributed by atoms with Gasteiger partial charge in [0.2, 0.25) is 0 Å². The Morgan fingerprint density at radius 2 is 1.96 bits per heavy atom. The molecule has 4 nitrogen and oxygen atoms in total. The van der Waals surface area contributed by atoms with E-state index in [4.69, 9.17) is 23.2 Å². The van der Waals surface area contributed by atoms with Crippen LogP contribution in [-0.4, -0.2) is 18.4 Å². The van der Waals surface area contributed by atoms with Gasteiger partial charge in [-0.2, -0.15) is 0 Å². The molecule has 1 atom stereocenters. The summed E-state index contributed by atoms with van der Waals surface area (Å²) in [6.07, 6.45) is 2.41. The molecule has 0 radical (unpaired) electrons. The molecular weight excluding hydrogens is 371 g/mol. The molecule has 2 aromatic rings. The van der Waals surface area contributed by atoms with Crippen molar-refractivity contribution in [2.45, 2.75) is 20.3 Å². The maximum absolute atomic E-state index is 12.3. The number of nitrogens with zero attached hydrogens (tertiary/aromatic N) is 1. The third-order valence-electron chi connectivity index (χ3n) is 4.57. The first-order valence-electron chi connectivity index (χ1n) is 8.30. The van der Waals surface area contributed by atoms with E-state index in [1.54, 1.807) is 12.1 Å². The average molecular weight is 389 g/mol. The van der Waals surface area contributed by atoms with Crippen molar-refractivity contribution in [3.63, 3.8) is 0 Å². The summed E-state index contributed by atoms with van der Waals surface area (Å²) in [4.78, 5) is 28.8. The molecule has 3 rings (SSSR count). The number of rotatable bonds is 4. The van der Waals surface area contributed by atoms with Gasteiger partial charge in [-0.25, -0.2) is 4.99 Å². The molecule has 0 spiro atoms. The zero-order valence-corrected chi connectivity index (χ0v) is 16.0. The number of amides is 2. The Morgan fingerprint density at radius 3 is 2.69 bits per heavy atom. The van der Waals surface area contributed by atoms with Gasteiger partial charge in [-0.05, 0) is 54.8 Å². The zero-order chi connectivity index (χ0) is 18.8. The highest BCUT2D eigenvalue weighted by atomic mass is 35.5. The van der Waals surface area contributed by atoms with Crippen LogP contribution in [0.4, 0.5) is 0 Å². The Hall–Kier alpha value is -2.17. The number of carbonyl (C=O) groups is 2. The first-order chi connectivity index (χ1) is 12.4. The van der Waals surface area contributed by atoms with Gasteiger partial charge in [-0.3, -0.25) is 9.59 Å². The predicted octanol–water partition coefficient (Wildman–Crippen LogP) is 2.99. The number of halogens is 2. The van der Waals surface area contributed by atoms with Crippen molar-refractivity contribution in [2.24, 2.45) is 10.9 Å². The van der Waals surface area contributed by atoms with Crippen LogP contribution in [0.3, 0.4) is 0 Å². The maximum atomic E-state index is 12.3. The van der Waals surface area contributed by atoms with Gasteiger partial charge in [0.25, 0.3) is 11.8 Å². The molecule has 2 amide bonds. The third kappa shape index (κ3) is 3.81. The van der Waals surface area contributed by atoms with E-state index in [0.717, 1.165) is 21.7 Å².